The molecule has 0 radical (unpaired) electrons. The quantitative estimate of drug-likeness (QED) is 0.528. The van der Waals surface area contributed by atoms with Crippen LogP contribution in [-0.2, 0) is 7.05 Å². The van der Waals surface area contributed by atoms with Crippen molar-refractivity contribution < 1.29 is 10.2 Å². The number of aryl methyl sites for hydroxylation is 1. The first kappa shape index (κ1) is 20.3. The van der Waals surface area contributed by atoms with Crippen molar-refractivity contribution in [1.29, 1.82) is 0 Å². The second-order valence-electron chi connectivity index (χ2n) is 8.20. The number of nitrogens with one attached hydrogen (secondary N) is 1. The van der Waals surface area contributed by atoms with Gasteiger partial charge < -0.3 is 20.4 Å². The Kier molecular flexibility index (Phi) is 5.15. The Labute approximate surface area is 183 Å². The molecular weight excluding hydrogens is 416 g/mol. The van der Waals surface area contributed by atoms with E-state index in [-0.39, 0.29) is 17.5 Å². The van der Waals surface area contributed by atoms with Gasteiger partial charge in [0.15, 0.2) is 5.65 Å². The van der Waals surface area contributed by atoms with Gasteiger partial charge in [0.1, 0.15) is 5.52 Å². The van der Waals surface area contributed by atoms with Gasteiger partial charge in [-0.25, -0.2) is 9.78 Å². The van der Waals surface area contributed by atoms with Crippen LogP contribution in [0.3, 0.4) is 0 Å². The summed E-state index contributed by atoms with van der Waals surface area (Å²) >= 11 is 1.52. The molecule has 1 saturated heterocycles. The molecule has 0 amide bonds. The highest BCUT2D eigenvalue weighted by Crippen LogP contribution is 2.32. The minimum Gasteiger partial charge on any atom is -0.348 e. The van der Waals surface area contributed by atoms with E-state index in [4.69, 9.17) is 0 Å². The molecule has 0 bridgehead atoms. The highest BCUT2D eigenvalue weighted by Gasteiger charge is 2.35. The second-order valence-corrected chi connectivity index (χ2v) is 9.31. The molecule has 5 rings (SSSR count). The SMILES string of the molecule is Cn1c(=O)n(C2CCCC2)c2nc(Nc3ccc(N4CCSCC4(O)O)cc3)ncc21. The van der Waals surface area contributed by atoms with Gasteiger partial charge in [-0.3, -0.25) is 9.13 Å². The number of thioether (sulfide) groups is 1. The lowest BCUT2D eigenvalue weighted by atomic mass is 10.2. The predicted molar refractivity (Wildman–Crippen MR) is 122 cm³/mol. The fourth-order valence-corrected chi connectivity index (χ4v) is 5.38. The smallest absolute Gasteiger partial charge is 0.330 e. The molecule has 1 saturated carbocycles. The molecule has 2 aromatic heterocycles. The monoisotopic (exact) mass is 442 g/mol. The first-order valence-corrected chi connectivity index (χ1v) is 11.7. The summed E-state index contributed by atoms with van der Waals surface area (Å²) in [5.41, 5.74) is 2.86. The molecule has 2 fully saturated rings. The molecule has 0 atom stereocenters. The Morgan fingerprint density at radius 3 is 2.65 bits per heavy atom. The van der Waals surface area contributed by atoms with Gasteiger partial charge in [-0.2, -0.15) is 16.7 Å². The van der Waals surface area contributed by atoms with E-state index in [0.29, 0.717) is 18.1 Å². The zero-order chi connectivity index (χ0) is 21.6. The third-order valence-electron chi connectivity index (χ3n) is 6.14. The van der Waals surface area contributed by atoms with E-state index in [2.05, 4.69) is 15.3 Å². The van der Waals surface area contributed by atoms with E-state index >= 15 is 0 Å². The number of hydrogen-bond acceptors (Lipinski definition) is 8. The van der Waals surface area contributed by atoms with Crippen molar-refractivity contribution in [3.05, 3.63) is 40.9 Å². The average molecular weight is 443 g/mol. The number of rotatable bonds is 4. The number of nitrogens with zero attached hydrogens (tertiary/aromatic N) is 5. The summed E-state index contributed by atoms with van der Waals surface area (Å²) in [6.45, 7) is 0.566. The molecule has 3 N–H and O–H groups in total. The van der Waals surface area contributed by atoms with E-state index < -0.39 is 5.91 Å². The summed E-state index contributed by atoms with van der Waals surface area (Å²) in [5.74, 6) is -0.328. The Balaban J connectivity index is 1.41. The van der Waals surface area contributed by atoms with Crippen LogP contribution < -0.4 is 15.9 Å². The number of aliphatic hydroxyl groups is 2. The van der Waals surface area contributed by atoms with Gasteiger partial charge in [0.2, 0.25) is 5.95 Å². The van der Waals surface area contributed by atoms with Crippen molar-refractivity contribution in [2.75, 3.05) is 28.3 Å². The van der Waals surface area contributed by atoms with E-state index in [1.807, 2.05) is 28.8 Å². The maximum Gasteiger partial charge on any atom is 0.330 e. The topological polar surface area (TPSA) is 108 Å². The number of imidazole rings is 1. The highest BCUT2D eigenvalue weighted by atomic mass is 32.2. The normalized spacial score (nSPS) is 19.3. The molecule has 3 heterocycles. The standard InChI is InChI=1S/C21H26N6O3S/c1-25-17-12-22-19(24-18(17)27(20(25)28)16-4-2-3-5-16)23-14-6-8-15(9-7-14)26-10-11-31-13-21(26,29)30/h6-9,12,16,29-30H,2-5,10-11,13H2,1H3,(H,22,23,24). The largest absolute Gasteiger partial charge is 0.348 e. The summed E-state index contributed by atoms with van der Waals surface area (Å²) in [6, 6.07) is 7.59. The summed E-state index contributed by atoms with van der Waals surface area (Å²) in [4.78, 5) is 23.4. The molecular formula is C21H26N6O3S. The zero-order valence-electron chi connectivity index (χ0n) is 17.4. The lowest BCUT2D eigenvalue weighted by molar-refractivity contribution is -0.141. The van der Waals surface area contributed by atoms with Crippen LogP contribution in [-0.4, -0.2) is 53.3 Å². The van der Waals surface area contributed by atoms with Crippen molar-refractivity contribution in [3.8, 4) is 0 Å². The van der Waals surface area contributed by atoms with Gasteiger partial charge in [0.05, 0.1) is 11.9 Å². The molecule has 0 unspecified atom stereocenters. The van der Waals surface area contributed by atoms with Gasteiger partial charge in [0.25, 0.3) is 5.91 Å². The fourth-order valence-electron chi connectivity index (χ4n) is 4.50. The van der Waals surface area contributed by atoms with Crippen LogP contribution >= 0.6 is 11.8 Å². The maximum atomic E-state index is 12.8. The zero-order valence-corrected chi connectivity index (χ0v) is 18.2. The second kappa shape index (κ2) is 7.85. The minimum absolute atomic E-state index is 0.0473. The van der Waals surface area contributed by atoms with Crippen LogP contribution in [0.2, 0.25) is 0 Å². The molecule has 10 heteroatoms. The molecule has 31 heavy (non-hydrogen) atoms. The Morgan fingerprint density at radius 1 is 1.19 bits per heavy atom. The van der Waals surface area contributed by atoms with Crippen LogP contribution in [0.1, 0.15) is 31.7 Å². The first-order chi connectivity index (χ1) is 14.9. The van der Waals surface area contributed by atoms with Crippen LogP contribution in [0.15, 0.2) is 35.3 Å². The third kappa shape index (κ3) is 3.68. The Morgan fingerprint density at radius 2 is 1.94 bits per heavy atom. The van der Waals surface area contributed by atoms with Gasteiger partial charge in [0, 0.05) is 36.8 Å². The number of fused-ring (bicyclic) bond motifs is 1. The third-order valence-corrected chi connectivity index (χ3v) is 7.21. The van der Waals surface area contributed by atoms with Crippen LogP contribution in [0.5, 0.6) is 0 Å². The van der Waals surface area contributed by atoms with Crippen LogP contribution in [0.25, 0.3) is 11.2 Å². The molecule has 9 nitrogen and oxygen atoms in total. The average Bonchev–Trinajstić information content (AvgIpc) is 3.36. The Bertz CT molecular complexity index is 1150. The molecule has 0 spiro atoms. The lowest BCUT2D eigenvalue weighted by Crippen LogP contribution is -2.54. The molecule has 3 aromatic rings. The fraction of sp³-hybridized carbons (Fsp3) is 0.476. The van der Waals surface area contributed by atoms with E-state index in [1.165, 1.54) is 11.8 Å². The van der Waals surface area contributed by atoms with Crippen molar-refractivity contribution in [2.24, 2.45) is 7.05 Å². The molecule has 2 aliphatic rings. The summed E-state index contributed by atoms with van der Waals surface area (Å²) < 4.78 is 3.42. The summed E-state index contributed by atoms with van der Waals surface area (Å²) in [7, 11) is 1.76. The Hall–Kier alpha value is -2.56. The number of hydrogen-bond donors (Lipinski definition) is 3. The van der Waals surface area contributed by atoms with Gasteiger partial charge >= 0.3 is 5.69 Å². The molecule has 1 aliphatic carbocycles. The summed E-state index contributed by atoms with van der Waals surface area (Å²) in [6.07, 6.45) is 5.95. The van der Waals surface area contributed by atoms with Crippen molar-refractivity contribution in [3.63, 3.8) is 0 Å². The molecule has 164 valence electrons. The van der Waals surface area contributed by atoms with E-state index in [0.717, 1.165) is 48.3 Å². The van der Waals surface area contributed by atoms with Crippen LogP contribution in [0, 0.1) is 0 Å². The van der Waals surface area contributed by atoms with Crippen molar-refractivity contribution in [1.82, 2.24) is 19.1 Å². The lowest BCUT2D eigenvalue weighted by Gasteiger charge is -2.40. The van der Waals surface area contributed by atoms with Crippen molar-refractivity contribution in [2.45, 2.75) is 37.6 Å². The first-order valence-electron chi connectivity index (χ1n) is 10.6. The van der Waals surface area contributed by atoms with Gasteiger partial charge in [-0.05, 0) is 37.1 Å². The maximum absolute atomic E-state index is 12.8. The molecule has 1 aromatic carbocycles. The van der Waals surface area contributed by atoms with Crippen molar-refractivity contribution >= 4 is 40.2 Å². The van der Waals surface area contributed by atoms with Gasteiger partial charge in [-0.15, -0.1) is 0 Å². The van der Waals surface area contributed by atoms with Gasteiger partial charge in [-0.1, -0.05) is 12.8 Å². The number of benzene rings is 1. The minimum atomic E-state index is -1.84. The number of aromatic nitrogens is 4. The summed E-state index contributed by atoms with van der Waals surface area (Å²) in [5, 5.41) is 23.7. The van der Waals surface area contributed by atoms with E-state index in [1.54, 1.807) is 22.7 Å². The van der Waals surface area contributed by atoms with E-state index in [9.17, 15) is 15.0 Å². The van der Waals surface area contributed by atoms with Crippen LogP contribution in [0.4, 0.5) is 17.3 Å². The highest BCUT2D eigenvalue weighted by molar-refractivity contribution is 7.99. The molecule has 1 aliphatic heterocycles. The predicted octanol–water partition coefficient (Wildman–Crippen LogP) is 2.18. The number of anilines is 3.